The van der Waals surface area contributed by atoms with E-state index in [4.69, 9.17) is 0 Å². The maximum Gasteiger partial charge on any atom is 0.225 e. The van der Waals surface area contributed by atoms with Crippen LogP contribution in [0.25, 0.3) is 0 Å². The van der Waals surface area contributed by atoms with Gasteiger partial charge in [0.15, 0.2) is 0 Å². The standard InChI is InChI=1S/C14H22N4O2/c1-11(9-18-8-4-6-15-18)16-14(20)13-5-3-7-17(10-13)12(2)19/h4,6,8,11,13H,3,5,7,9-10H2,1-2H3,(H,16,20)/t11-,13-/m0/s1. The van der Waals surface area contributed by atoms with Crippen molar-refractivity contribution in [3.05, 3.63) is 18.5 Å². The van der Waals surface area contributed by atoms with Crippen molar-refractivity contribution in [2.24, 2.45) is 5.92 Å². The molecule has 2 atom stereocenters. The number of carbonyl (C=O) groups is 2. The van der Waals surface area contributed by atoms with Gasteiger partial charge >= 0.3 is 0 Å². The first-order valence-corrected chi connectivity index (χ1v) is 7.09. The van der Waals surface area contributed by atoms with Crippen LogP contribution in [0.5, 0.6) is 0 Å². The fourth-order valence-electron chi connectivity index (χ4n) is 2.57. The Kier molecular flexibility index (Phi) is 4.76. The molecule has 0 bridgehead atoms. The molecule has 6 heteroatoms. The van der Waals surface area contributed by atoms with Gasteiger partial charge in [0.2, 0.25) is 11.8 Å². The first kappa shape index (κ1) is 14.6. The zero-order valence-electron chi connectivity index (χ0n) is 12.1. The smallest absolute Gasteiger partial charge is 0.225 e. The molecule has 1 aliphatic heterocycles. The van der Waals surface area contributed by atoms with Crippen LogP contribution >= 0.6 is 0 Å². The molecule has 0 radical (unpaired) electrons. The minimum absolute atomic E-state index is 0.0232. The summed E-state index contributed by atoms with van der Waals surface area (Å²) in [4.78, 5) is 25.4. The van der Waals surface area contributed by atoms with Gasteiger partial charge in [-0.15, -0.1) is 0 Å². The summed E-state index contributed by atoms with van der Waals surface area (Å²) in [5.41, 5.74) is 0. The molecular weight excluding hydrogens is 256 g/mol. The molecule has 1 N–H and O–H groups in total. The Bertz CT molecular complexity index is 458. The predicted molar refractivity (Wildman–Crippen MR) is 74.8 cm³/mol. The first-order valence-electron chi connectivity index (χ1n) is 7.09. The molecule has 2 rings (SSSR count). The number of hydrogen-bond donors (Lipinski definition) is 1. The van der Waals surface area contributed by atoms with E-state index in [1.54, 1.807) is 22.7 Å². The highest BCUT2D eigenvalue weighted by atomic mass is 16.2. The Labute approximate surface area is 119 Å². The Morgan fingerprint density at radius 2 is 2.30 bits per heavy atom. The number of nitrogens with zero attached hydrogens (tertiary/aromatic N) is 3. The van der Waals surface area contributed by atoms with Gasteiger partial charge in [0.25, 0.3) is 0 Å². The van der Waals surface area contributed by atoms with E-state index in [9.17, 15) is 9.59 Å². The molecule has 0 aliphatic carbocycles. The molecule has 1 saturated heterocycles. The maximum absolute atomic E-state index is 12.2. The quantitative estimate of drug-likeness (QED) is 0.879. The van der Waals surface area contributed by atoms with Gasteiger partial charge in [-0.3, -0.25) is 14.3 Å². The summed E-state index contributed by atoms with van der Waals surface area (Å²) in [6, 6.07) is 1.88. The lowest BCUT2D eigenvalue weighted by Crippen LogP contribution is -2.47. The number of hydrogen-bond acceptors (Lipinski definition) is 3. The fraction of sp³-hybridized carbons (Fsp3) is 0.643. The Balaban J connectivity index is 1.83. The molecule has 1 fully saturated rings. The summed E-state index contributed by atoms with van der Waals surface area (Å²) in [7, 11) is 0. The number of nitrogens with one attached hydrogen (secondary N) is 1. The van der Waals surface area contributed by atoms with Crippen molar-refractivity contribution in [2.45, 2.75) is 39.3 Å². The summed E-state index contributed by atoms with van der Waals surface area (Å²) in [6.07, 6.45) is 5.34. The van der Waals surface area contributed by atoms with E-state index >= 15 is 0 Å². The van der Waals surface area contributed by atoms with Crippen LogP contribution in [0.15, 0.2) is 18.5 Å². The molecule has 2 heterocycles. The SMILES string of the molecule is CC(=O)N1CCC[C@H](C(=O)N[C@@H](C)Cn2cccn2)C1. The van der Waals surface area contributed by atoms with E-state index in [1.165, 1.54) is 0 Å². The van der Waals surface area contributed by atoms with E-state index in [2.05, 4.69) is 10.4 Å². The van der Waals surface area contributed by atoms with E-state index in [0.717, 1.165) is 19.4 Å². The van der Waals surface area contributed by atoms with Crippen molar-refractivity contribution in [1.82, 2.24) is 20.0 Å². The Hall–Kier alpha value is -1.85. The lowest BCUT2D eigenvalue weighted by molar-refractivity contribution is -0.134. The molecule has 0 unspecified atom stereocenters. The molecule has 20 heavy (non-hydrogen) atoms. The second-order valence-corrected chi connectivity index (χ2v) is 5.44. The highest BCUT2D eigenvalue weighted by Gasteiger charge is 2.27. The third kappa shape index (κ3) is 3.82. The maximum atomic E-state index is 12.2. The predicted octanol–water partition coefficient (Wildman–Crippen LogP) is 0.646. The molecule has 0 saturated carbocycles. The van der Waals surface area contributed by atoms with Gasteiger partial charge in [0.05, 0.1) is 12.5 Å². The first-order chi connectivity index (χ1) is 9.56. The number of amides is 2. The van der Waals surface area contributed by atoms with Crippen LogP contribution in [0.2, 0.25) is 0 Å². The summed E-state index contributed by atoms with van der Waals surface area (Å²) in [5, 5.41) is 7.13. The van der Waals surface area contributed by atoms with Crippen molar-refractivity contribution in [1.29, 1.82) is 0 Å². The molecule has 1 aromatic rings. The van der Waals surface area contributed by atoms with Gasteiger partial charge in [-0.2, -0.15) is 5.10 Å². The van der Waals surface area contributed by atoms with Crippen LogP contribution < -0.4 is 5.32 Å². The molecule has 2 amide bonds. The van der Waals surface area contributed by atoms with E-state index in [1.807, 2.05) is 19.2 Å². The second-order valence-electron chi connectivity index (χ2n) is 5.44. The highest BCUT2D eigenvalue weighted by Crippen LogP contribution is 2.16. The highest BCUT2D eigenvalue weighted by molar-refractivity contribution is 5.80. The summed E-state index contributed by atoms with van der Waals surface area (Å²) < 4.78 is 1.80. The Morgan fingerprint density at radius 1 is 1.50 bits per heavy atom. The third-order valence-electron chi connectivity index (χ3n) is 3.65. The van der Waals surface area contributed by atoms with Crippen LogP contribution in [0.3, 0.4) is 0 Å². The normalized spacial score (nSPS) is 20.5. The third-order valence-corrected chi connectivity index (χ3v) is 3.65. The fourth-order valence-corrected chi connectivity index (χ4v) is 2.57. The van der Waals surface area contributed by atoms with Crippen LogP contribution in [-0.4, -0.2) is 45.6 Å². The lowest BCUT2D eigenvalue weighted by atomic mass is 9.97. The molecule has 1 aromatic heterocycles. The zero-order chi connectivity index (χ0) is 14.5. The van der Waals surface area contributed by atoms with Crippen molar-refractivity contribution >= 4 is 11.8 Å². The molecule has 6 nitrogen and oxygen atoms in total. The topological polar surface area (TPSA) is 67.2 Å². The summed E-state index contributed by atoms with van der Waals surface area (Å²) >= 11 is 0. The van der Waals surface area contributed by atoms with Gasteiger partial charge in [-0.1, -0.05) is 0 Å². The van der Waals surface area contributed by atoms with E-state index in [0.29, 0.717) is 13.1 Å². The molecule has 0 aromatic carbocycles. The van der Waals surface area contributed by atoms with Crippen LogP contribution in [0, 0.1) is 5.92 Å². The molecular formula is C14H22N4O2. The average molecular weight is 278 g/mol. The molecule has 0 spiro atoms. The number of likely N-dealkylation sites (tertiary alicyclic amines) is 1. The molecule has 110 valence electrons. The monoisotopic (exact) mass is 278 g/mol. The number of piperidine rings is 1. The largest absolute Gasteiger partial charge is 0.351 e. The van der Waals surface area contributed by atoms with Gasteiger partial charge in [0, 0.05) is 38.4 Å². The minimum atomic E-state index is -0.0901. The second kappa shape index (κ2) is 6.54. The molecule has 1 aliphatic rings. The van der Waals surface area contributed by atoms with Crippen molar-refractivity contribution < 1.29 is 9.59 Å². The lowest BCUT2D eigenvalue weighted by Gasteiger charge is -2.31. The van der Waals surface area contributed by atoms with Crippen LogP contribution in [0.1, 0.15) is 26.7 Å². The number of aromatic nitrogens is 2. The van der Waals surface area contributed by atoms with Gasteiger partial charge < -0.3 is 10.2 Å². The average Bonchev–Trinajstić information content (AvgIpc) is 2.91. The van der Waals surface area contributed by atoms with Crippen LogP contribution in [-0.2, 0) is 16.1 Å². The van der Waals surface area contributed by atoms with Gasteiger partial charge in [-0.05, 0) is 25.8 Å². The summed E-state index contributed by atoms with van der Waals surface area (Å²) in [5.74, 6) is -0.00424. The number of carbonyl (C=O) groups excluding carboxylic acids is 2. The van der Waals surface area contributed by atoms with E-state index in [-0.39, 0.29) is 23.8 Å². The van der Waals surface area contributed by atoms with Gasteiger partial charge in [-0.25, -0.2) is 0 Å². The van der Waals surface area contributed by atoms with Crippen LogP contribution in [0.4, 0.5) is 0 Å². The minimum Gasteiger partial charge on any atom is -0.351 e. The zero-order valence-corrected chi connectivity index (χ0v) is 12.1. The van der Waals surface area contributed by atoms with Crippen molar-refractivity contribution in [2.75, 3.05) is 13.1 Å². The van der Waals surface area contributed by atoms with Crippen molar-refractivity contribution in [3.8, 4) is 0 Å². The Morgan fingerprint density at radius 3 is 2.95 bits per heavy atom. The van der Waals surface area contributed by atoms with Gasteiger partial charge in [0.1, 0.15) is 0 Å². The number of rotatable bonds is 4. The summed E-state index contributed by atoms with van der Waals surface area (Å²) in [6.45, 7) is 5.48. The van der Waals surface area contributed by atoms with E-state index < -0.39 is 0 Å². The van der Waals surface area contributed by atoms with Crippen molar-refractivity contribution in [3.63, 3.8) is 0 Å².